The Kier molecular flexibility index (Phi) is 2.36. The summed E-state index contributed by atoms with van der Waals surface area (Å²) >= 11 is 0. The molecule has 0 atom stereocenters. The van der Waals surface area contributed by atoms with Gasteiger partial charge in [0.05, 0.1) is 0 Å². The molecule has 0 heterocycles. The summed E-state index contributed by atoms with van der Waals surface area (Å²) in [6.45, 7) is 5.20. The lowest BCUT2D eigenvalue weighted by Crippen LogP contribution is -2.18. The number of aryl methyl sites for hydroxylation is 2. The molecule has 1 aromatic carbocycles. The van der Waals surface area contributed by atoms with Crippen LogP contribution in [0.25, 0.3) is 0 Å². The summed E-state index contributed by atoms with van der Waals surface area (Å²) in [6, 6.07) is 6.71. The molecule has 0 aliphatic heterocycles. The van der Waals surface area contributed by atoms with E-state index in [0.717, 1.165) is 6.54 Å². The fourth-order valence-corrected chi connectivity index (χ4v) is 2.02. The van der Waals surface area contributed by atoms with E-state index in [2.05, 4.69) is 32.0 Å². The summed E-state index contributed by atoms with van der Waals surface area (Å²) in [5.41, 5.74) is 10.5. The van der Waals surface area contributed by atoms with Crippen molar-refractivity contribution < 1.29 is 0 Å². The van der Waals surface area contributed by atoms with Crippen LogP contribution >= 0.6 is 0 Å². The highest BCUT2D eigenvalue weighted by Crippen LogP contribution is 2.47. The zero-order chi connectivity index (χ0) is 10.2. The largest absolute Gasteiger partial charge is 0.330 e. The van der Waals surface area contributed by atoms with Gasteiger partial charge in [0.25, 0.3) is 0 Å². The SMILES string of the molecule is Cc1ccc(C)c(CC2(CN)CC2)c1. The number of rotatable bonds is 3. The Morgan fingerprint density at radius 3 is 2.57 bits per heavy atom. The average Bonchev–Trinajstić information content (AvgIpc) is 2.92. The van der Waals surface area contributed by atoms with Gasteiger partial charge in [0, 0.05) is 0 Å². The summed E-state index contributed by atoms with van der Waals surface area (Å²) in [7, 11) is 0. The van der Waals surface area contributed by atoms with Crippen molar-refractivity contribution in [3.05, 3.63) is 34.9 Å². The predicted octanol–water partition coefficient (Wildman–Crippen LogP) is 2.58. The Labute approximate surface area is 86.3 Å². The normalized spacial score (nSPS) is 18.2. The summed E-state index contributed by atoms with van der Waals surface area (Å²) in [4.78, 5) is 0. The van der Waals surface area contributed by atoms with Crippen molar-refractivity contribution >= 4 is 0 Å². The minimum atomic E-state index is 0.457. The number of hydrogen-bond donors (Lipinski definition) is 1. The zero-order valence-electron chi connectivity index (χ0n) is 9.14. The molecule has 0 radical (unpaired) electrons. The van der Waals surface area contributed by atoms with Crippen LogP contribution in [0.3, 0.4) is 0 Å². The van der Waals surface area contributed by atoms with Gasteiger partial charge in [-0.05, 0) is 56.2 Å². The van der Waals surface area contributed by atoms with Crippen LogP contribution in [0.2, 0.25) is 0 Å². The highest BCUT2D eigenvalue weighted by molar-refractivity contribution is 5.32. The maximum absolute atomic E-state index is 5.80. The van der Waals surface area contributed by atoms with Gasteiger partial charge < -0.3 is 5.73 Å². The molecule has 0 amide bonds. The minimum Gasteiger partial charge on any atom is -0.330 e. The molecule has 0 saturated heterocycles. The van der Waals surface area contributed by atoms with Crippen molar-refractivity contribution in [2.45, 2.75) is 33.1 Å². The van der Waals surface area contributed by atoms with Gasteiger partial charge in [-0.1, -0.05) is 23.8 Å². The molecule has 1 nitrogen and oxygen atoms in total. The van der Waals surface area contributed by atoms with Crippen LogP contribution in [-0.2, 0) is 6.42 Å². The third kappa shape index (κ3) is 1.83. The molecule has 1 heteroatoms. The van der Waals surface area contributed by atoms with Crippen LogP contribution in [0, 0.1) is 19.3 Å². The van der Waals surface area contributed by atoms with E-state index < -0.39 is 0 Å². The fraction of sp³-hybridized carbons (Fsp3) is 0.538. The fourth-order valence-electron chi connectivity index (χ4n) is 2.02. The molecule has 1 aliphatic rings. The highest BCUT2D eigenvalue weighted by Gasteiger charge is 2.41. The van der Waals surface area contributed by atoms with Gasteiger partial charge in [0.2, 0.25) is 0 Å². The molecule has 1 aromatic rings. The van der Waals surface area contributed by atoms with Crippen LogP contribution in [-0.4, -0.2) is 6.54 Å². The monoisotopic (exact) mass is 189 g/mol. The van der Waals surface area contributed by atoms with Gasteiger partial charge in [-0.2, -0.15) is 0 Å². The van der Waals surface area contributed by atoms with Crippen molar-refractivity contribution in [1.29, 1.82) is 0 Å². The van der Waals surface area contributed by atoms with Crippen molar-refractivity contribution in [3.63, 3.8) is 0 Å². The lowest BCUT2D eigenvalue weighted by molar-refractivity contribution is 0.519. The lowest BCUT2D eigenvalue weighted by atomic mass is 9.93. The second kappa shape index (κ2) is 3.39. The van der Waals surface area contributed by atoms with E-state index in [1.54, 1.807) is 0 Å². The molecule has 14 heavy (non-hydrogen) atoms. The Balaban J connectivity index is 2.20. The molecule has 0 bridgehead atoms. The summed E-state index contributed by atoms with van der Waals surface area (Å²) < 4.78 is 0. The van der Waals surface area contributed by atoms with E-state index in [1.165, 1.54) is 36.0 Å². The molecular weight excluding hydrogens is 170 g/mol. The molecule has 0 unspecified atom stereocenters. The average molecular weight is 189 g/mol. The lowest BCUT2D eigenvalue weighted by Gasteiger charge is -2.14. The molecule has 1 aliphatic carbocycles. The third-order valence-electron chi connectivity index (χ3n) is 3.46. The van der Waals surface area contributed by atoms with Crippen molar-refractivity contribution in [1.82, 2.24) is 0 Å². The van der Waals surface area contributed by atoms with E-state index in [1.807, 2.05) is 0 Å². The Morgan fingerprint density at radius 1 is 1.29 bits per heavy atom. The first-order valence-electron chi connectivity index (χ1n) is 5.41. The molecule has 1 saturated carbocycles. The third-order valence-corrected chi connectivity index (χ3v) is 3.46. The van der Waals surface area contributed by atoms with Gasteiger partial charge in [-0.15, -0.1) is 0 Å². The standard InChI is InChI=1S/C13H19N/c1-10-3-4-11(2)12(7-10)8-13(9-14)5-6-13/h3-4,7H,5-6,8-9,14H2,1-2H3. The first kappa shape index (κ1) is 9.72. The van der Waals surface area contributed by atoms with Crippen LogP contribution in [0.4, 0.5) is 0 Å². The molecular formula is C13H19N. The second-order valence-corrected chi connectivity index (χ2v) is 4.81. The minimum absolute atomic E-state index is 0.457. The van der Waals surface area contributed by atoms with E-state index in [9.17, 15) is 0 Å². The topological polar surface area (TPSA) is 26.0 Å². The van der Waals surface area contributed by atoms with Gasteiger partial charge in [-0.3, -0.25) is 0 Å². The van der Waals surface area contributed by atoms with Crippen LogP contribution < -0.4 is 5.73 Å². The van der Waals surface area contributed by atoms with Crippen molar-refractivity contribution in [2.24, 2.45) is 11.1 Å². The van der Waals surface area contributed by atoms with Gasteiger partial charge >= 0.3 is 0 Å². The molecule has 1 fully saturated rings. The molecule has 0 aromatic heterocycles. The highest BCUT2D eigenvalue weighted by atomic mass is 14.6. The van der Waals surface area contributed by atoms with E-state index in [4.69, 9.17) is 5.73 Å². The van der Waals surface area contributed by atoms with E-state index >= 15 is 0 Å². The van der Waals surface area contributed by atoms with Crippen LogP contribution in [0.1, 0.15) is 29.5 Å². The number of benzene rings is 1. The van der Waals surface area contributed by atoms with Crippen molar-refractivity contribution in [3.8, 4) is 0 Å². The molecule has 2 rings (SSSR count). The van der Waals surface area contributed by atoms with Gasteiger partial charge in [0.1, 0.15) is 0 Å². The van der Waals surface area contributed by atoms with Crippen LogP contribution in [0.5, 0.6) is 0 Å². The summed E-state index contributed by atoms with van der Waals surface area (Å²) in [5.74, 6) is 0. The Hall–Kier alpha value is -0.820. The second-order valence-electron chi connectivity index (χ2n) is 4.81. The first-order chi connectivity index (χ1) is 6.65. The van der Waals surface area contributed by atoms with Crippen LogP contribution in [0.15, 0.2) is 18.2 Å². The number of nitrogens with two attached hydrogens (primary N) is 1. The molecule has 76 valence electrons. The summed E-state index contributed by atoms with van der Waals surface area (Å²) in [5, 5.41) is 0. The first-order valence-corrected chi connectivity index (χ1v) is 5.41. The number of hydrogen-bond acceptors (Lipinski definition) is 1. The molecule has 0 spiro atoms. The quantitative estimate of drug-likeness (QED) is 0.777. The predicted molar refractivity (Wildman–Crippen MR) is 60.3 cm³/mol. The maximum Gasteiger partial charge on any atom is -0.00173 e. The van der Waals surface area contributed by atoms with Gasteiger partial charge in [-0.25, -0.2) is 0 Å². The van der Waals surface area contributed by atoms with Gasteiger partial charge in [0.15, 0.2) is 0 Å². The maximum atomic E-state index is 5.80. The molecule has 2 N–H and O–H groups in total. The van der Waals surface area contributed by atoms with E-state index in [-0.39, 0.29) is 0 Å². The summed E-state index contributed by atoms with van der Waals surface area (Å²) in [6.07, 6.45) is 3.81. The van der Waals surface area contributed by atoms with Crippen molar-refractivity contribution in [2.75, 3.05) is 6.54 Å². The Bertz CT molecular complexity index is 337. The smallest absolute Gasteiger partial charge is 0.00173 e. The Morgan fingerprint density at radius 2 is 2.00 bits per heavy atom. The van der Waals surface area contributed by atoms with E-state index in [0.29, 0.717) is 5.41 Å². The zero-order valence-corrected chi connectivity index (χ0v) is 9.14.